The molecule has 80 valence electrons. The van der Waals surface area contributed by atoms with Gasteiger partial charge in [0.05, 0.1) is 7.11 Å². The summed E-state index contributed by atoms with van der Waals surface area (Å²) in [7, 11) is 1.67. The number of rotatable bonds is 5. The zero-order chi connectivity index (χ0) is 11.1. The molecule has 15 heavy (non-hydrogen) atoms. The standard InChI is InChI=1S/C12H14BrNO/c1-3-4-7-14-9-10-8-11(15-2)5-6-12(10)13/h1,5-6,8,14H,4,7,9H2,2H3. The largest absolute Gasteiger partial charge is 0.497 e. The van der Waals surface area contributed by atoms with Crippen LogP contribution in [0.2, 0.25) is 0 Å². The molecule has 0 amide bonds. The van der Waals surface area contributed by atoms with E-state index in [4.69, 9.17) is 11.2 Å². The molecule has 0 bridgehead atoms. The summed E-state index contributed by atoms with van der Waals surface area (Å²) in [5.74, 6) is 3.46. The van der Waals surface area contributed by atoms with Crippen molar-refractivity contribution in [1.82, 2.24) is 5.32 Å². The summed E-state index contributed by atoms with van der Waals surface area (Å²) in [4.78, 5) is 0. The van der Waals surface area contributed by atoms with Crippen molar-refractivity contribution < 1.29 is 4.74 Å². The van der Waals surface area contributed by atoms with Gasteiger partial charge in [-0.25, -0.2) is 0 Å². The maximum Gasteiger partial charge on any atom is 0.119 e. The molecule has 0 fully saturated rings. The quantitative estimate of drug-likeness (QED) is 0.654. The van der Waals surface area contributed by atoms with Crippen LogP contribution in [0, 0.1) is 12.3 Å². The van der Waals surface area contributed by atoms with Crippen molar-refractivity contribution in [2.75, 3.05) is 13.7 Å². The Labute approximate surface area is 99.2 Å². The third kappa shape index (κ3) is 3.94. The first kappa shape index (κ1) is 12.1. The highest BCUT2D eigenvalue weighted by Gasteiger charge is 2.01. The van der Waals surface area contributed by atoms with E-state index in [-0.39, 0.29) is 0 Å². The first-order valence-electron chi connectivity index (χ1n) is 4.74. The van der Waals surface area contributed by atoms with E-state index in [9.17, 15) is 0 Å². The lowest BCUT2D eigenvalue weighted by Gasteiger charge is -2.07. The molecule has 0 saturated heterocycles. The SMILES string of the molecule is C#CCCNCc1cc(OC)ccc1Br. The van der Waals surface area contributed by atoms with Gasteiger partial charge in [-0.2, -0.15) is 0 Å². The lowest BCUT2D eigenvalue weighted by Crippen LogP contribution is -2.14. The number of methoxy groups -OCH3 is 1. The highest BCUT2D eigenvalue weighted by atomic mass is 79.9. The minimum atomic E-state index is 0.752. The minimum Gasteiger partial charge on any atom is -0.497 e. The second-order valence-corrected chi connectivity index (χ2v) is 3.94. The van der Waals surface area contributed by atoms with Gasteiger partial charge in [-0.3, -0.25) is 0 Å². The minimum absolute atomic E-state index is 0.752. The van der Waals surface area contributed by atoms with Gasteiger partial charge in [0.15, 0.2) is 0 Å². The molecular formula is C12H14BrNO. The van der Waals surface area contributed by atoms with E-state index in [0.29, 0.717) is 0 Å². The number of hydrogen-bond acceptors (Lipinski definition) is 2. The van der Waals surface area contributed by atoms with Gasteiger partial charge < -0.3 is 10.1 Å². The van der Waals surface area contributed by atoms with E-state index < -0.39 is 0 Å². The predicted octanol–water partition coefficient (Wildman–Crippen LogP) is 2.57. The summed E-state index contributed by atoms with van der Waals surface area (Å²) in [6.07, 6.45) is 5.92. The predicted molar refractivity (Wildman–Crippen MR) is 65.9 cm³/mol. The lowest BCUT2D eigenvalue weighted by molar-refractivity contribution is 0.414. The topological polar surface area (TPSA) is 21.3 Å². The summed E-state index contributed by atoms with van der Waals surface area (Å²) in [6, 6.07) is 5.92. The summed E-state index contributed by atoms with van der Waals surface area (Å²) in [5, 5.41) is 3.27. The average Bonchev–Trinajstić information content (AvgIpc) is 2.26. The highest BCUT2D eigenvalue weighted by Crippen LogP contribution is 2.22. The molecule has 0 radical (unpaired) electrons. The first-order valence-corrected chi connectivity index (χ1v) is 5.54. The fourth-order valence-corrected chi connectivity index (χ4v) is 1.58. The average molecular weight is 268 g/mol. The Morgan fingerprint density at radius 2 is 2.33 bits per heavy atom. The van der Waals surface area contributed by atoms with Crippen molar-refractivity contribution >= 4 is 15.9 Å². The molecule has 1 aromatic rings. The Morgan fingerprint density at radius 1 is 1.53 bits per heavy atom. The number of benzene rings is 1. The van der Waals surface area contributed by atoms with Crippen molar-refractivity contribution in [2.24, 2.45) is 0 Å². The van der Waals surface area contributed by atoms with E-state index in [0.717, 1.165) is 29.7 Å². The van der Waals surface area contributed by atoms with E-state index in [1.54, 1.807) is 7.11 Å². The second kappa shape index (κ2) is 6.49. The number of hydrogen-bond donors (Lipinski definition) is 1. The lowest BCUT2D eigenvalue weighted by atomic mass is 10.2. The van der Waals surface area contributed by atoms with Crippen LogP contribution in [0.3, 0.4) is 0 Å². The number of nitrogens with one attached hydrogen (secondary N) is 1. The Kier molecular flexibility index (Phi) is 5.23. The fraction of sp³-hybridized carbons (Fsp3) is 0.333. The molecule has 0 aliphatic heterocycles. The summed E-state index contributed by atoms with van der Waals surface area (Å²) in [6.45, 7) is 1.62. The van der Waals surface area contributed by atoms with Gasteiger partial charge in [-0.15, -0.1) is 12.3 Å². The molecule has 0 aliphatic rings. The van der Waals surface area contributed by atoms with Crippen molar-refractivity contribution in [3.05, 3.63) is 28.2 Å². The Morgan fingerprint density at radius 3 is 3.00 bits per heavy atom. The van der Waals surface area contributed by atoms with Crippen LogP contribution in [0.15, 0.2) is 22.7 Å². The van der Waals surface area contributed by atoms with Crippen LogP contribution in [-0.4, -0.2) is 13.7 Å². The molecule has 1 rings (SSSR count). The van der Waals surface area contributed by atoms with Gasteiger partial charge in [0.2, 0.25) is 0 Å². The molecule has 2 nitrogen and oxygen atoms in total. The van der Waals surface area contributed by atoms with E-state index in [1.165, 1.54) is 5.56 Å². The summed E-state index contributed by atoms with van der Waals surface area (Å²) >= 11 is 3.49. The molecule has 0 aromatic heterocycles. The zero-order valence-corrected chi connectivity index (χ0v) is 10.3. The number of terminal acetylenes is 1. The van der Waals surface area contributed by atoms with E-state index in [2.05, 4.69) is 27.2 Å². The van der Waals surface area contributed by atoms with Gasteiger partial charge in [0, 0.05) is 24.0 Å². The van der Waals surface area contributed by atoms with Gasteiger partial charge in [-0.05, 0) is 23.8 Å². The maximum atomic E-state index is 5.16. The zero-order valence-electron chi connectivity index (χ0n) is 8.72. The molecule has 0 atom stereocenters. The van der Waals surface area contributed by atoms with Crippen LogP contribution in [0.25, 0.3) is 0 Å². The molecule has 0 aliphatic carbocycles. The summed E-state index contributed by atoms with van der Waals surface area (Å²) < 4.78 is 6.24. The van der Waals surface area contributed by atoms with Crippen molar-refractivity contribution in [3.63, 3.8) is 0 Å². The molecule has 0 heterocycles. The van der Waals surface area contributed by atoms with Crippen LogP contribution in [0.5, 0.6) is 5.75 Å². The van der Waals surface area contributed by atoms with Gasteiger partial charge in [0.25, 0.3) is 0 Å². The Hall–Kier alpha value is -0.980. The van der Waals surface area contributed by atoms with Crippen molar-refractivity contribution in [1.29, 1.82) is 0 Å². The van der Waals surface area contributed by atoms with E-state index >= 15 is 0 Å². The molecule has 0 unspecified atom stereocenters. The van der Waals surface area contributed by atoms with Crippen molar-refractivity contribution in [3.8, 4) is 18.1 Å². The highest BCUT2D eigenvalue weighted by molar-refractivity contribution is 9.10. The molecular weight excluding hydrogens is 254 g/mol. The van der Waals surface area contributed by atoms with Crippen LogP contribution in [0.1, 0.15) is 12.0 Å². The van der Waals surface area contributed by atoms with Crippen LogP contribution in [0.4, 0.5) is 0 Å². The van der Waals surface area contributed by atoms with Gasteiger partial charge >= 0.3 is 0 Å². The summed E-state index contributed by atoms with van der Waals surface area (Å²) in [5.41, 5.74) is 1.17. The van der Waals surface area contributed by atoms with Crippen LogP contribution in [-0.2, 0) is 6.54 Å². The monoisotopic (exact) mass is 267 g/mol. The molecule has 3 heteroatoms. The Bertz CT molecular complexity index is 357. The van der Waals surface area contributed by atoms with Crippen LogP contribution >= 0.6 is 15.9 Å². The smallest absolute Gasteiger partial charge is 0.119 e. The van der Waals surface area contributed by atoms with E-state index in [1.807, 2.05) is 18.2 Å². The molecule has 0 saturated carbocycles. The Balaban J connectivity index is 2.56. The second-order valence-electron chi connectivity index (χ2n) is 3.09. The third-order valence-corrected chi connectivity index (χ3v) is 2.79. The van der Waals surface area contributed by atoms with Crippen LogP contribution < -0.4 is 10.1 Å². The first-order chi connectivity index (χ1) is 7.27. The number of halogens is 1. The molecule has 0 spiro atoms. The maximum absolute atomic E-state index is 5.16. The van der Waals surface area contributed by atoms with Gasteiger partial charge in [0.1, 0.15) is 5.75 Å². The van der Waals surface area contributed by atoms with Crippen molar-refractivity contribution in [2.45, 2.75) is 13.0 Å². The fourth-order valence-electron chi connectivity index (χ4n) is 1.20. The number of ether oxygens (including phenoxy) is 1. The third-order valence-electron chi connectivity index (χ3n) is 2.01. The molecule has 1 N–H and O–H groups in total. The van der Waals surface area contributed by atoms with Gasteiger partial charge in [-0.1, -0.05) is 15.9 Å². The molecule has 1 aromatic carbocycles. The normalized spacial score (nSPS) is 9.67.